The van der Waals surface area contributed by atoms with Gasteiger partial charge in [0.25, 0.3) is 5.91 Å². The molecule has 1 saturated heterocycles. The summed E-state index contributed by atoms with van der Waals surface area (Å²) in [6.07, 6.45) is 5.69. The number of aryl methyl sites for hydroxylation is 2. The third-order valence-electron chi connectivity index (χ3n) is 8.70. The Kier molecular flexibility index (Phi) is 9.05. The first-order valence-corrected chi connectivity index (χ1v) is 15.7. The largest absolute Gasteiger partial charge is 0.491 e. The minimum absolute atomic E-state index is 0.0522. The van der Waals surface area contributed by atoms with E-state index in [1.54, 1.807) is 18.1 Å². The highest BCUT2D eigenvalue weighted by molar-refractivity contribution is 5.94. The fourth-order valence-corrected chi connectivity index (χ4v) is 6.23. The van der Waals surface area contributed by atoms with Gasteiger partial charge in [0.05, 0.1) is 6.54 Å². The maximum Gasteiger partial charge on any atom is 0.253 e. The molecule has 232 valence electrons. The number of aromatic nitrogens is 3. The molecule has 0 spiro atoms. The standard InChI is InChI=1S/C36H40N6O3/c1-25-20-26(2)39-36(38-25)42-14-11-28(12-15-42)35(44)41-17-16-40(3)34(43)30-7-4-6-27(21-30)22-32-23-29(31-8-5-13-37-24-31)9-10-33(32)45-19-18-41/h4-10,13,20-21,23-24,28H,11-12,14-19,22H2,1-3H3. The number of nitrogens with zero attached hydrogens (tertiary/aromatic N) is 6. The van der Waals surface area contributed by atoms with Gasteiger partial charge in [-0.15, -0.1) is 0 Å². The molecule has 2 amide bonds. The highest BCUT2D eigenvalue weighted by Crippen LogP contribution is 2.29. The molecule has 1 fully saturated rings. The lowest BCUT2D eigenvalue weighted by molar-refractivity contribution is -0.136. The highest BCUT2D eigenvalue weighted by Gasteiger charge is 2.30. The van der Waals surface area contributed by atoms with Crippen LogP contribution in [0.4, 0.5) is 5.95 Å². The second kappa shape index (κ2) is 13.5. The molecule has 4 aromatic rings. The molecular weight excluding hydrogens is 564 g/mol. The Morgan fingerprint density at radius 1 is 0.844 bits per heavy atom. The second-order valence-electron chi connectivity index (χ2n) is 12.1. The number of hydrogen-bond acceptors (Lipinski definition) is 7. The highest BCUT2D eigenvalue weighted by atomic mass is 16.5. The Hall–Kier alpha value is -4.79. The molecule has 0 unspecified atom stereocenters. The van der Waals surface area contributed by atoms with E-state index in [9.17, 15) is 9.59 Å². The summed E-state index contributed by atoms with van der Waals surface area (Å²) in [5.41, 5.74) is 6.66. The normalized spacial score (nSPS) is 16.5. The molecule has 0 aliphatic carbocycles. The number of fused-ring (bicyclic) bond motifs is 3. The van der Waals surface area contributed by atoms with Crippen molar-refractivity contribution < 1.29 is 14.3 Å². The molecule has 2 bridgehead atoms. The molecule has 0 N–H and O–H groups in total. The third kappa shape index (κ3) is 7.14. The summed E-state index contributed by atoms with van der Waals surface area (Å²) in [7, 11) is 1.80. The van der Waals surface area contributed by atoms with Crippen molar-refractivity contribution >= 4 is 17.8 Å². The number of piperidine rings is 1. The van der Waals surface area contributed by atoms with Gasteiger partial charge in [-0.2, -0.15) is 0 Å². The Balaban J connectivity index is 1.22. The topological polar surface area (TPSA) is 91.8 Å². The zero-order valence-electron chi connectivity index (χ0n) is 26.3. The number of rotatable bonds is 3. The number of amides is 2. The van der Waals surface area contributed by atoms with E-state index in [1.165, 1.54) is 0 Å². The van der Waals surface area contributed by atoms with Crippen molar-refractivity contribution in [1.29, 1.82) is 0 Å². The van der Waals surface area contributed by atoms with Crippen molar-refractivity contribution in [1.82, 2.24) is 24.8 Å². The fourth-order valence-electron chi connectivity index (χ4n) is 6.23. The predicted molar refractivity (Wildman–Crippen MR) is 174 cm³/mol. The van der Waals surface area contributed by atoms with Crippen LogP contribution in [0.5, 0.6) is 5.75 Å². The molecule has 0 saturated carbocycles. The van der Waals surface area contributed by atoms with E-state index < -0.39 is 0 Å². The van der Waals surface area contributed by atoms with Gasteiger partial charge in [0.2, 0.25) is 11.9 Å². The number of ether oxygens (including phenoxy) is 1. The lowest BCUT2D eigenvalue weighted by atomic mass is 9.95. The molecule has 0 radical (unpaired) electrons. The number of carbonyl (C=O) groups excluding carboxylic acids is 2. The van der Waals surface area contributed by atoms with Gasteiger partial charge in [-0.25, -0.2) is 9.97 Å². The Morgan fingerprint density at radius 2 is 1.62 bits per heavy atom. The molecular formula is C36H40N6O3. The van der Waals surface area contributed by atoms with Crippen LogP contribution in [-0.4, -0.2) is 82.9 Å². The van der Waals surface area contributed by atoms with Crippen LogP contribution < -0.4 is 9.64 Å². The molecule has 2 aliphatic rings. The van der Waals surface area contributed by atoms with Gasteiger partial charge in [-0.05, 0) is 79.8 Å². The molecule has 9 nitrogen and oxygen atoms in total. The van der Waals surface area contributed by atoms with Crippen molar-refractivity contribution in [2.45, 2.75) is 33.1 Å². The number of likely N-dealkylation sites (N-methyl/N-ethyl adjacent to an activating group) is 1. The predicted octanol–water partition coefficient (Wildman–Crippen LogP) is 4.96. The lowest BCUT2D eigenvalue weighted by Gasteiger charge is -2.35. The molecule has 9 heteroatoms. The maximum absolute atomic E-state index is 13.9. The average molecular weight is 605 g/mol. The quantitative estimate of drug-likeness (QED) is 0.327. The van der Waals surface area contributed by atoms with Gasteiger partial charge in [0.1, 0.15) is 12.4 Å². The van der Waals surface area contributed by atoms with Gasteiger partial charge in [-0.3, -0.25) is 14.6 Å². The van der Waals surface area contributed by atoms with E-state index in [-0.39, 0.29) is 17.7 Å². The van der Waals surface area contributed by atoms with Gasteiger partial charge < -0.3 is 19.4 Å². The van der Waals surface area contributed by atoms with E-state index in [0.29, 0.717) is 38.2 Å². The van der Waals surface area contributed by atoms with Crippen molar-refractivity contribution in [3.05, 3.63) is 101 Å². The van der Waals surface area contributed by atoms with Crippen LogP contribution in [0.3, 0.4) is 0 Å². The summed E-state index contributed by atoms with van der Waals surface area (Å²) in [5.74, 6) is 1.48. The smallest absolute Gasteiger partial charge is 0.253 e. The monoisotopic (exact) mass is 604 g/mol. The molecule has 45 heavy (non-hydrogen) atoms. The zero-order valence-corrected chi connectivity index (χ0v) is 26.3. The zero-order chi connectivity index (χ0) is 31.3. The molecule has 0 atom stereocenters. The van der Waals surface area contributed by atoms with E-state index in [0.717, 1.165) is 71.3 Å². The van der Waals surface area contributed by atoms with E-state index in [1.807, 2.05) is 79.5 Å². The minimum Gasteiger partial charge on any atom is -0.491 e. The van der Waals surface area contributed by atoms with Crippen molar-refractivity contribution in [2.75, 3.05) is 51.3 Å². The van der Waals surface area contributed by atoms with Crippen LogP contribution >= 0.6 is 0 Å². The van der Waals surface area contributed by atoms with E-state index in [2.05, 4.69) is 25.9 Å². The number of carbonyl (C=O) groups is 2. The van der Waals surface area contributed by atoms with Crippen LogP contribution in [0.2, 0.25) is 0 Å². The summed E-state index contributed by atoms with van der Waals surface area (Å²) < 4.78 is 6.39. The van der Waals surface area contributed by atoms with E-state index in [4.69, 9.17) is 4.74 Å². The molecule has 2 aliphatic heterocycles. The van der Waals surface area contributed by atoms with Gasteiger partial charge >= 0.3 is 0 Å². The maximum atomic E-state index is 13.9. The second-order valence-corrected chi connectivity index (χ2v) is 12.1. The van der Waals surface area contributed by atoms with E-state index >= 15 is 0 Å². The summed E-state index contributed by atoms with van der Waals surface area (Å²) >= 11 is 0. The summed E-state index contributed by atoms with van der Waals surface area (Å²) in [6.45, 7) is 7.10. The number of hydrogen-bond donors (Lipinski definition) is 0. The molecule has 6 rings (SSSR count). The summed E-state index contributed by atoms with van der Waals surface area (Å²) in [5, 5.41) is 0. The minimum atomic E-state index is -0.0990. The first-order chi connectivity index (χ1) is 21.8. The first-order valence-electron chi connectivity index (χ1n) is 15.7. The van der Waals surface area contributed by atoms with Gasteiger partial charge in [0.15, 0.2) is 0 Å². The van der Waals surface area contributed by atoms with Gasteiger partial charge in [0, 0.05) is 80.5 Å². The Morgan fingerprint density at radius 3 is 2.38 bits per heavy atom. The Bertz CT molecular complexity index is 1650. The average Bonchev–Trinajstić information content (AvgIpc) is 3.06. The van der Waals surface area contributed by atoms with Crippen LogP contribution in [0, 0.1) is 19.8 Å². The fraction of sp³-hybridized carbons (Fsp3) is 0.361. The number of pyridine rings is 1. The van der Waals surface area contributed by atoms with Crippen LogP contribution in [0.25, 0.3) is 11.1 Å². The van der Waals surface area contributed by atoms with Crippen LogP contribution in [0.1, 0.15) is 45.7 Å². The SMILES string of the molecule is Cc1cc(C)nc(N2CCC(C(=O)N3CCOc4ccc(-c5cccnc5)cc4Cc4cccc(c4)C(=O)N(C)CC3)CC2)n1. The lowest BCUT2D eigenvalue weighted by Crippen LogP contribution is -2.47. The van der Waals surface area contributed by atoms with Crippen molar-refractivity contribution in [3.63, 3.8) is 0 Å². The van der Waals surface area contributed by atoms with Crippen LogP contribution in [0.15, 0.2) is 73.1 Å². The summed E-state index contributed by atoms with van der Waals surface area (Å²) in [4.78, 5) is 46.6. The molecule has 2 aromatic carbocycles. The summed E-state index contributed by atoms with van der Waals surface area (Å²) in [6, 6.07) is 19.9. The number of benzene rings is 2. The molecule has 4 heterocycles. The van der Waals surface area contributed by atoms with Gasteiger partial charge in [-0.1, -0.05) is 24.3 Å². The Labute approximate surface area is 264 Å². The molecule has 2 aromatic heterocycles. The van der Waals surface area contributed by atoms with Crippen LogP contribution in [-0.2, 0) is 11.2 Å². The van der Waals surface area contributed by atoms with Crippen molar-refractivity contribution in [2.24, 2.45) is 5.92 Å². The number of anilines is 1. The van der Waals surface area contributed by atoms with Crippen molar-refractivity contribution in [3.8, 4) is 16.9 Å². The third-order valence-corrected chi connectivity index (χ3v) is 8.70. The first kappa shape index (κ1) is 30.2.